The fourth-order valence-corrected chi connectivity index (χ4v) is 2.96. The van der Waals surface area contributed by atoms with E-state index in [1.165, 1.54) is 0 Å². The van der Waals surface area contributed by atoms with E-state index in [-0.39, 0.29) is 24.4 Å². The monoisotopic (exact) mass is 366 g/mol. The van der Waals surface area contributed by atoms with Gasteiger partial charge in [-0.15, -0.1) is 0 Å². The molecule has 0 radical (unpaired) electrons. The van der Waals surface area contributed by atoms with Crippen molar-refractivity contribution in [1.82, 2.24) is 14.7 Å². The van der Waals surface area contributed by atoms with Crippen molar-refractivity contribution in [2.24, 2.45) is 0 Å². The largest absolute Gasteiger partial charge is 0.339 e. The summed E-state index contributed by atoms with van der Waals surface area (Å²) in [6.07, 6.45) is 0. The van der Waals surface area contributed by atoms with Gasteiger partial charge in [0.25, 0.3) is 0 Å². The molecule has 1 saturated heterocycles. The van der Waals surface area contributed by atoms with Gasteiger partial charge in [-0.2, -0.15) is 0 Å². The summed E-state index contributed by atoms with van der Waals surface area (Å²) < 4.78 is 0. The second-order valence-electron chi connectivity index (χ2n) is 6.41. The molecule has 1 aromatic carbocycles. The molecule has 0 saturated carbocycles. The number of hydrogen-bond acceptors (Lipinski definition) is 4. The minimum atomic E-state index is -0.329. The summed E-state index contributed by atoms with van der Waals surface area (Å²) in [5.74, 6) is -0.0715. The van der Waals surface area contributed by atoms with E-state index in [1.807, 2.05) is 11.8 Å². The lowest BCUT2D eigenvalue weighted by atomic mass is 10.2. The second kappa shape index (κ2) is 9.17. The average Bonchev–Trinajstić information content (AvgIpc) is 2.62. The Balaban J connectivity index is 1.82. The molecule has 2 amide bonds. The van der Waals surface area contributed by atoms with Gasteiger partial charge in [0, 0.05) is 36.9 Å². The van der Waals surface area contributed by atoms with Crippen LogP contribution in [0.4, 0.5) is 5.69 Å². The van der Waals surface area contributed by atoms with Crippen LogP contribution in [0.25, 0.3) is 0 Å². The molecule has 1 N–H and O–H groups in total. The Labute approximate surface area is 154 Å². The standard InChI is InChI=1S/C18H27ClN4O2/c1-4-22-9-11-23(12-10-22)18(25)14(2)21(3)13-17(24)20-16-7-5-15(19)6-8-16/h5-8,14H,4,9-13H2,1-3H3,(H,20,24)/t14-/m1/s1. The highest BCUT2D eigenvalue weighted by Gasteiger charge is 2.27. The quantitative estimate of drug-likeness (QED) is 0.833. The number of likely N-dealkylation sites (N-methyl/N-ethyl adjacent to an activating group) is 2. The summed E-state index contributed by atoms with van der Waals surface area (Å²) >= 11 is 5.83. The van der Waals surface area contributed by atoms with Gasteiger partial charge < -0.3 is 15.1 Å². The minimum Gasteiger partial charge on any atom is -0.339 e. The Hall–Kier alpha value is -1.63. The first kappa shape index (κ1) is 19.7. The summed E-state index contributed by atoms with van der Waals surface area (Å²) in [5.41, 5.74) is 0.692. The van der Waals surface area contributed by atoms with Crippen LogP contribution in [0.1, 0.15) is 13.8 Å². The van der Waals surface area contributed by atoms with Crippen molar-refractivity contribution in [3.05, 3.63) is 29.3 Å². The highest BCUT2D eigenvalue weighted by molar-refractivity contribution is 6.30. The highest BCUT2D eigenvalue weighted by Crippen LogP contribution is 2.13. The number of nitrogens with zero attached hydrogens (tertiary/aromatic N) is 3. The van der Waals surface area contributed by atoms with Crippen molar-refractivity contribution in [2.75, 3.05) is 51.6 Å². The van der Waals surface area contributed by atoms with E-state index in [1.54, 1.807) is 36.2 Å². The van der Waals surface area contributed by atoms with Crippen molar-refractivity contribution in [2.45, 2.75) is 19.9 Å². The summed E-state index contributed by atoms with van der Waals surface area (Å²) in [6.45, 7) is 8.49. The zero-order valence-corrected chi connectivity index (χ0v) is 15.9. The number of rotatable bonds is 6. The first-order chi connectivity index (χ1) is 11.9. The van der Waals surface area contributed by atoms with Gasteiger partial charge in [-0.3, -0.25) is 14.5 Å². The van der Waals surface area contributed by atoms with Crippen molar-refractivity contribution in [3.63, 3.8) is 0 Å². The minimum absolute atomic E-state index is 0.0811. The van der Waals surface area contributed by atoms with E-state index in [9.17, 15) is 9.59 Å². The van der Waals surface area contributed by atoms with Gasteiger partial charge in [0.05, 0.1) is 12.6 Å². The Kier molecular flexibility index (Phi) is 7.23. The van der Waals surface area contributed by atoms with Crippen LogP contribution in [0, 0.1) is 0 Å². The van der Waals surface area contributed by atoms with Crippen LogP contribution < -0.4 is 5.32 Å². The summed E-state index contributed by atoms with van der Waals surface area (Å²) in [6, 6.07) is 6.62. The smallest absolute Gasteiger partial charge is 0.239 e. The van der Waals surface area contributed by atoms with Gasteiger partial charge in [0.1, 0.15) is 0 Å². The number of hydrogen-bond donors (Lipinski definition) is 1. The van der Waals surface area contributed by atoms with E-state index >= 15 is 0 Å². The van der Waals surface area contributed by atoms with Crippen LogP contribution in [-0.2, 0) is 9.59 Å². The summed E-state index contributed by atoms with van der Waals surface area (Å²) in [7, 11) is 1.80. The van der Waals surface area contributed by atoms with Gasteiger partial charge >= 0.3 is 0 Å². The first-order valence-electron chi connectivity index (χ1n) is 8.67. The Morgan fingerprint density at radius 3 is 2.36 bits per heavy atom. The van der Waals surface area contributed by atoms with Crippen LogP contribution in [0.15, 0.2) is 24.3 Å². The molecule has 0 aromatic heterocycles. The van der Waals surface area contributed by atoms with Gasteiger partial charge in [-0.1, -0.05) is 18.5 Å². The lowest BCUT2D eigenvalue weighted by Gasteiger charge is -2.36. The lowest BCUT2D eigenvalue weighted by molar-refractivity contribution is -0.138. The molecule has 1 aliphatic rings. The molecule has 0 bridgehead atoms. The summed E-state index contributed by atoms with van der Waals surface area (Å²) in [4.78, 5) is 30.8. The number of carbonyl (C=O) groups is 2. The molecular weight excluding hydrogens is 340 g/mol. The molecule has 1 atom stereocenters. The van der Waals surface area contributed by atoms with Gasteiger partial charge in [-0.25, -0.2) is 0 Å². The van der Waals surface area contributed by atoms with Crippen LogP contribution in [0.2, 0.25) is 5.02 Å². The number of carbonyl (C=O) groups excluding carboxylic acids is 2. The fraction of sp³-hybridized carbons (Fsp3) is 0.556. The first-order valence-corrected chi connectivity index (χ1v) is 9.05. The third-order valence-corrected chi connectivity index (χ3v) is 4.92. The highest BCUT2D eigenvalue weighted by atomic mass is 35.5. The number of anilines is 1. The Bertz CT molecular complexity index is 585. The van der Waals surface area contributed by atoms with E-state index in [0.29, 0.717) is 10.7 Å². The number of piperazine rings is 1. The van der Waals surface area contributed by atoms with Gasteiger partial charge in [0.15, 0.2) is 0 Å². The van der Waals surface area contributed by atoms with Crippen molar-refractivity contribution in [3.8, 4) is 0 Å². The Morgan fingerprint density at radius 2 is 1.80 bits per heavy atom. The molecule has 1 heterocycles. The van der Waals surface area contributed by atoms with Crippen LogP contribution in [0.3, 0.4) is 0 Å². The van der Waals surface area contributed by atoms with Crippen LogP contribution >= 0.6 is 11.6 Å². The second-order valence-corrected chi connectivity index (χ2v) is 6.84. The van der Waals surface area contributed by atoms with Crippen LogP contribution in [-0.4, -0.2) is 78.9 Å². The lowest BCUT2D eigenvalue weighted by Crippen LogP contribution is -2.54. The normalized spacial score (nSPS) is 16.8. The molecule has 0 spiro atoms. The number of nitrogens with one attached hydrogen (secondary N) is 1. The maximum absolute atomic E-state index is 12.6. The van der Waals surface area contributed by atoms with E-state index < -0.39 is 0 Å². The number of halogens is 1. The topological polar surface area (TPSA) is 55.9 Å². The molecule has 138 valence electrons. The van der Waals surface area contributed by atoms with Crippen molar-refractivity contribution < 1.29 is 9.59 Å². The van der Waals surface area contributed by atoms with E-state index in [4.69, 9.17) is 11.6 Å². The molecule has 0 aliphatic carbocycles. The van der Waals surface area contributed by atoms with E-state index in [2.05, 4.69) is 17.1 Å². The summed E-state index contributed by atoms with van der Waals surface area (Å²) in [5, 5.41) is 3.44. The Morgan fingerprint density at radius 1 is 1.20 bits per heavy atom. The maximum Gasteiger partial charge on any atom is 0.239 e. The molecule has 7 heteroatoms. The predicted molar refractivity (Wildman–Crippen MR) is 101 cm³/mol. The zero-order valence-electron chi connectivity index (χ0n) is 15.2. The molecule has 2 rings (SSSR count). The molecular formula is C18H27ClN4O2. The fourth-order valence-electron chi connectivity index (χ4n) is 2.83. The number of benzene rings is 1. The molecule has 1 fully saturated rings. The van der Waals surface area contributed by atoms with Gasteiger partial charge in [0.2, 0.25) is 11.8 Å². The molecule has 1 aromatic rings. The molecule has 6 nitrogen and oxygen atoms in total. The molecule has 0 unspecified atom stereocenters. The molecule has 25 heavy (non-hydrogen) atoms. The third-order valence-electron chi connectivity index (χ3n) is 4.67. The molecule has 1 aliphatic heterocycles. The number of amides is 2. The average molecular weight is 367 g/mol. The zero-order chi connectivity index (χ0) is 18.4. The van der Waals surface area contributed by atoms with Crippen molar-refractivity contribution in [1.29, 1.82) is 0 Å². The third kappa shape index (κ3) is 5.70. The SMILES string of the molecule is CCN1CCN(C(=O)[C@@H](C)N(C)CC(=O)Nc2ccc(Cl)cc2)CC1. The predicted octanol–water partition coefficient (Wildman–Crippen LogP) is 1.76. The van der Waals surface area contributed by atoms with E-state index in [0.717, 1.165) is 32.7 Å². The van der Waals surface area contributed by atoms with Crippen LogP contribution in [0.5, 0.6) is 0 Å². The van der Waals surface area contributed by atoms with Gasteiger partial charge in [-0.05, 0) is 44.8 Å². The van der Waals surface area contributed by atoms with Crippen molar-refractivity contribution >= 4 is 29.1 Å². The maximum atomic E-state index is 12.6.